The molecule has 0 spiro atoms. The Bertz CT molecular complexity index is 1090. The van der Waals surface area contributed by atoms with Crippen LogP contribution in [0, 0.1) is 0 Å². The normalized spacial score (nSPS) is 10.4. The van der Waals surface area contributed by atoms with Crippen LogP contribution in [0.5, 0.6) is 17.2 Å². The fourth-order valence-corrected chi connectivity index (χ4v) is 3.45. The van der Waals surface area contributed by atoms with Crippen LogP contribution in [0.25, 0.3) is 0 Å². The number of hydrogen-bond acceptors (Lipinski definition) is 5. The summed E-state index contributed by atoms with van der Waals surface area (Å²) in [5.74, 6) is 1.48. The van der Waals surface area contributed by atoms with E-state index in [0.29, 0.717) is 36.0 Å². The lowest BCUT2D eigenvalue weighted by atomic mass is 10.2. The summed E-state index contributed by atoms with van der Waals surface area (Å²) in [7, 11) is 0. The molecular weight excluding hydrogens is 504 g/mol. The van der Waals surface area contributed by atoms with Crippen LogP contribution in [0.3, 0.4) is 0 Å². The third kappa shape index (κ3) is 7.76. The van der Waals surface area contributed by atoms with Crippen molar-refractivity contribution in [1.82, 2.24) is 5.32 Å². The van der Waals surface area contributed by atoms with Crippen molar-refractivity contribution in [3.63, 3.8) is 0 Å². The molecule has 0 aliphatic carbocycles. The fraction of sp³-hybridized carbons (Fsp3) is 0.200. The summed E-state index contributed by atoms with van der Waals surface area (Å²) in [5, 5.41) is 5.87. The van der Waals surface area contributed by atoms with Gasteiger partial charge in [0.2, 0.25) is 0 Å². The molecule has 3 aromatic carbocycles. The lowest BCUT2D eigenvalue weighted by Gasteiger charge is -2.16. The molecule has 0 aliphatic heterocycles. The second kappa shape index (κ2) is 12.2. The third-order valence-electron chi connectivity index (χ3n) is 4.26. The van der Waals surface area contributed by atoms with Crippen molar-refractivity contribution in [3.05, 3.63) is 82.8 Å². The molecule has 0 aromatic heterocycles. The van der Waals surface area contributed by atoms with Crippen molar-refractivity contribution in [2.75, 3.05) is 18.5 Å². The zero-order valence-corrected chi connectivity index (χ0v) is 20.7. The Kier molecular flexibility index (Phi) is 9.09. The molecule has 0 bridgehead atoms. The van der Waals surface area contributed by atoms with Gasteiger partial charge in [0.25, 0.3) is 5.91 Å². The van der Waals surface area contributed by atoms with Gasteiger partial charge in [-0.05, 0) is 68.5 Å². The van der Waals surface area contributed by atoms with Crippen LogP contribution < -0.4 is 24.8 Å². The predicted octanol–water partition coefficient (Wildman–Crippen LogP) is 5.82. The van der Waals surface area contributed by atoms with Gasteiger partial charge in [0.1, 0.15) is 30.5 Å². The van der Waals surface area contributed by atoms with Gasteiger partial charge >= 0.3 is 0 Å². The van der Waals surface area contributed by atoms with E-state index in [4.69, 9.17) is 26.4 Å². The first-order chi connectivity index (χ1) is 15.9. The minimum atomic E-state index is -0.376. The first-order valence-corrected chi connectivity index (χ1v) is 11.6. The molecule has 172 valence electrons. The fourth-order valence-electron chi connectivity index (χ4n) is 2.88. The maximum atomic E-state index is 12.8. The molecule has 8 heteroatoms. The molecule has 2 N–H and O–H groups in total. The number of rotatable bonds is 9. The molecule has 6 nitrogen and oxygen atoms in total. The molecule has 0 saturated carbocycles. The van der Waals surface area contributed by atoms with E-state index in [1.807, 2.05) is 74.5 Å². The molecule has 0 fully saturated rings. The minimum absolute atomic E-state index is 0.0716. The number of para-hydroxylation sites is 3. The molecule has 3 rings (SSSR count). The van der Waals surface area contributed by atoms with Gasteiger partial charge in [-0.25, -0.2) is 0 Å². The van der Waals surface area contributed by atoms with Crippen LogP contribution in [0.1, 0.15) is 24.2 Å². The first kappa shape index (κ1) is 24.5. The zero-order chi connectivity index (χ0) is 23.6. The van der Waals surface area contributed by atoms with E-state index in [9.17, 15) is 4.79 Å². The maximum Gasteiger partial charge on any atom is 0.261 e. The van der Waals surface area contributed by atoms with Gasteiger partial charge in [0, 0.05) is 4.47 Å². The standard InChI is InChI=1S/C25H25BrN2O4S/c1-17(2)32-22-13-12-18(26)16-20(22)24(29)28-25(33)27-21-10-6-7-11-23(21)31-15-14-30-19-8-4-3-5-9-19/h3-13,16-17H,14-15H2,1-2H3,(H2,27,28,29,33). The van der Waals surface area contributed by atoms with E-state index in [-0.39, 0.29) is 17.1 Å². The van der Waals surface area contributed by atoms with Crippen LogP contribution in [0.4, 0.5) is 5.69 Å². The van der Waals surface area contributed by atoms with Crippen LogP contribution in [-0.2, 0) is 0 Å². The lowest BCUT2D eigenvalue weighted by Crippen LogP contribution is -2.34. The van der Waals surface area contributed by atoms with E-state index in [2.05, 4.69) is 26.6 Å². The van der Waals surface area contributed by atoms with Gasteiger partial charge in [-0.3, -0.25) is 10.1 Å². The summed E-state index contributed by atoms with van der Waals surface area (Å²) in [4.78, 5) is 12.8. The number of carbonyl (C=O) groups is 1. The maximum absolute atomic E-state index is 12.8. The molecular formula is C25H25BrN2O4S. The van der Waals surface area contributed by atoms with Crippen molar-refractivity contribution < 1.29 is 19.0 Å². The highest BCUT2D eigenvalue weighted by Crippen LogP contribution is 2.25. The second-order valence-electron chi connectivity index (χ2n) is 7.22. The highest BCUT2D eigenvalue weighted by atomic mass is 79.9. The van der Waals surface area contributed by atoms with Gasteiger partial charge in [0.15, 0.2) is 5.11 Å². The number of benzene rings is 3. The molecule has 1 amide bonds. The monoisotopic (exact) mass is 528 g/mol. The second-order valence-corrected chi connectivity index (χ2v) is 8.55. The van der Waals surface area contributed by atoms with E-state index >= 15 is 0 Å². The van der Waals surface area contributed by atoms with Crippen molar-refractivity contribution >= 4 is 44.9 Å². The van der Waals surface area contributed by atoms with Crippen LogP contribution in [-0.4, -0.2) is 30.3 Å². The molecule has 0 atom stereocenters. The Hall–Kier alpha value is -3.10. The summed E-state index contributed by atoms with van der Waals surface area (Å²) in [6.45, 7) is 4.54. The van der Waals surface area contributed by atoms with Crippen LogP contribution in [0.2, 0.25) is 0 Å². The summed E-state index contributed by atoms with van der Waals surface area (Å²) in [5.41, 5.74) is 1.01. The summed E-state index contributed by atoms with van der Waals surface area (Å²) >= 11 is 8.75. The SMILES string of the molecule is CC(C)Oc1ccc(Br)cc1C(=O)NC(=S)Nc1ccccc1OCCOc1ccccc1. The number of amides is 1. The number of halogens is 1. The lowest BCUT2D eigenvalue weighted by molar-refractivity contribution is 0.0972. The highest BCUT2D eigenvalue weighted by Gasteiger charge is 2.16. The van der Waals surface area contributed by atoms with Gasteiger partial charge in [-0.15, -0.1) is 0 Å². The number of thiocarbonyl (C=S) groups is 1. The van der Waals surface area contributed by atoms with Crippen molar-refractivity contribution in [3.8, 4) is 17.2 Å². The predicted molar refractivity (Wildman–Crippen MR) is 137 cm³/mol. The third-order valence-corrected chi connectivity index (χ3v) is 4.96. The van der Waals surface area contributed by atoms with Gasteiger partial charge in [-0.2, -0.15) is 0 Å². The Morgan fingerprint density at radius 2 is 1.64 bits per heavy atom. The number of nitrogens with one attached hydrogen (secondary N) is 2. The zero-order valence-electron chi connectivity index (χ0n) is 18.3. The Balaban J connectivity index is 1.58. The van der Waals surface area contributed by atoms with Crippen LogP contribution >= 0.6 is 28.1 Å². The molecule has 0 unspecified atom stereocenters. The number of carbonyl (C=O) groups excluding carboxylic acids is 1. The largest absolute Gasteiger partial charge is 0.490 e. The van der Waals surface area contributed by atoms with Crippen molar-refractivity contribution in [2.24, 2.45) is 0 Å². The topological polar surface area (TPSA) is 68.8 Å². The van der Waals surface area contributed by atoms with Gasteiger partial charge < -0.3 is 19.5 Å². The van der Waals surface area contributed by atoms with Gasteiger partial charge in [0.05, 0.1) is 17.4 Å². The van der Waals surface area contributed by atoms with E-state index in [1.54, 1.807) is 12.1 Å². The van der Waals surface area contributed by atoms with Gasteiger partial charge in [-0.1, -0.05) is 46.3 Å². The molecule has 0 radical (unpaired) electrons. The summed E-state index contributed by atoms with van der Waals surface area (Å²) < 4.78 is 18.0. The number of anilines is 1. The Labute approximate surface area is 207 Å². The summed E-state index contributed by atoms with van der Waals surface area (Å²) in [6.07, 6.45) is -0.0716. The summed E-state index contributed by atoms with van der Waals surface area (Å²) in [6, 6.07) is 22.1. The van der Waals surface area contributed by atoms with Crippen molar-refractivity contribution in [2.45, 2.75) is 20.0 Å². The minimum Gasteiger partial charge on any atom is -0.490 e. The van der Waals surface area contributed by atoms with E-state index < -0.39 is 0 Å². The Morgan fingerprint density at radius 1 is 0.939 bits per heavy atom. The van der Waals surface area contributed by atoms with Crippen LogP contribution in [0.15, 0.2) is 77.3 Å². The number of hydrogen-bond donors (Lipinski definition) is 2. The first-order valence-electron chi connectivity index (χ1n) is 10.4. The van der Waals surface area contributed by atoms with E-state index in [0.717, 1.165) is 10.2 Å². The average molecular weight is 529 g/mol. The Morgan fingerprint density at radius 3 is 2.39 bits per heavy atom. The quantitative estimate of drug-likeness (QED) is 0.269. The average Bonchev–Trinajstić information content (AvgIpc) is 2.79. The highest BCUT2D eigenvalue weighted by molar-refractivity contribution is 9.10. The molecule has 0 heterocycles. The number of ether oxygens (including phenoxy) is 3. The molecule has 0 aliphatic rings. The molecule has 0 saturated heterocycles. The van der Waals surface area contributed by atoms with E-state index in [1.165, 1.54) is 0 Å². The molecule has 3 aromatic rings. The molecule has 33 heavy (non-hydrogen) atoms. The van der Waals surface area contributed by atoms with Crippen molar-refractivity contribution in [1.29, 1.82) is 0 Å². The smallest absolute Gasteiger partial charge is 0.261 e.